The molecule has 15 nitrogen and oxygen atoms in total. The summed E-state index contributed by atoms with van der Waals surface area (Å²) in [6, 6.07) is 10.9. The van der Waals surface area contributed by atoms with Gasteiger partial charge in [-0.1, -0.05) is 29.8 Å². The van der Waals surface area contributed by atoms with Gasteiger partial charge in [-0.15, -0.1) is 11.3 Å². The number of amides is 5. The molecule has 1 aromatic heterocycles. The minimum absolute atomic E-state index is 0.0577. The first-order valence-electron chi connectivity index (χ1n) is 18.8. The predicted octanol–water partition coefficient (Wildman–Crippen LogP) is 4.31. The van der Waals surface area contributed by atoms with Gasteiger partial charge in [-0.25, -0.2) is 0 Å². The maximum atomic E-state index is 13.1. The molecule has 1 unspecified atom stereocenters. The van der Waals surface area contributed by atoms with E-state index < -0.39 is 18.0 Å². The third-order valence-corrected chi connectivity index (χ3v) is 11.5. The molecule has 3 aliphatic heterocycles. The average molecular weight is 816 g/mol. The number of nitrogens with zero attached hydrogens (tertiary/aromatic N) is 3. The second-order valence-electron chi connectivity index (χ2n) is 14.1. The fourth-order valence-corrected chi connectivity index (χ4v) is 8.41. The van der Waals surface area contributed by atoms with Crippen LogP contribution >= 0.6 is 22.9 Å². The lowest BCUT2D eigenvalue weighted by molar-refractivity contribution is -0.137. The normalized spacial score (nSPS) is 17.8. The molecule has 1 fully saturated rings. The van der Waals surface area contributed by atoms with Crippen LogP contribution in [0.15, 0.2) is 47.5 Å². The van der Waals surface area contributed by atoms with Crippen molar-refractivity contribution in [2.45, 2.75) is 71.5 Å². The fraction of sp³-hybridized carbons (Fsp3) is 0.400. The van der Waals surface area contributed by atoms with Crippen LogP contribution in [0.25, 0.3) is 0 Å². The Bertz CT molecular complexity index is 2130. The molecule has 6 rings (SSSR count). The third-order valence-electron chi connectivity index (χ3n) is 10.1. The zero-order valence-electron chi connectivity index (χ0n) is 32.1. The van der Waals surface area contributed by atoms with E-state index in [0.29, 0.717) is 53.7 Å². The molecule has 0 spiro atoms. The number of hydrogen-bond donors (Lipinski definition) is 6. The van der Waals surface area contributed by atoms with E-state index in [1.165, 1.54) is 16.2 Å². The number of imide groups is 1. The topological polar surface area (TPSA) is 209 Å². The van der Waals surface area contributed by atoms with Gasteiger partial charge in [0.05, 0.1) is 25.3 Å². The molecule has 6 N–H and O–H groups in total. The number of carbonyl (C=O) groups excluding carboxylic acids is 5. The van der Waals surface area contributed by atoms with Crippen LogP contribution in [0.1, 0.15) is 76.5 Å². The molecule has 2 atom stereocenters. The number of fused-ring (bicyclic) bond motifs is 2. The van der Waals surface area contributed by atoms with Crippen molar-refractivity contribution in [1.29, 1.82) is 10.8 Å². The lowest BCUT2D eigenvalue weighted by Crippen LogP contribution is -2.52. The van der Waals surface area contributed by atoms with Gasteiger partial charge in [0.2, 0.25) is 23.6 Å². The maximum Gasteiger partial charge on any atom is 0.255 e. The van der Waals surface area contributed by atoms with E-state index >= 15 is 0 Å². The molecule has 300 valence electrons. The van der Waals surface area contributed by atoms with Crippen molar-refractivity contribution in [3.63, 3.8) is 0 Å². The number of aliphatic imine (C=N–C) groups is 1. The van der Waals surface area contributed by atoms with Gasteiger partial charge in [0.15, 0.2) is 0 Å². The Hall–Kier alpha value is -5.29. The van der Waals surface area contributed by atoms with Crippen LogP contribution in [0.2, 0.25) is 5.02 Å². The fourth-order valence-electron chi connectivity index (χ4n) is 7.06. The molecule has 2 aromatic carbocycles. The van der Waals surface area contributed by atoms with Gasteiger partial charge in [0.1, 0.15) is 28.8 Å². The van der Waals surface area contributed by atoms with E-state index in [0.717, 1.165) is 26.6 Å². The highest BCUT2D eigenvalue weighted by atomic mass is 35.5. The lowest BCUT2D eigenvalue weighted by Gasteiger charge is -2.29. The van der Waals surface area contributed by atoms with Gasteiger partial charge >= 0.3 is 0 Å². The van der Waals surface area contributed by atoms with Crippen molar-refractivity contribution in [1.82, 2.24) is 20.9 Å². The number of hydrogen-bond acceptors (Lipinski definition) is 11. The van der Waals surface area contributed by atoms with Crippen LogP contribution in [0.4, 0.5) is 10.7 Å². The molecule has 0 aliphatic carbocycles. The number of nitrogens with one attached hydrogen (secondary N) is 6. The van der Waals surface area contributed by atoms with E-state index in [9.17, 15) is 24.0 Å². The predicted molar refractivity (Wildman–Crippen MR) is 220 cm³/mol. The summed E-state index contributed by atoms with van der Waals surface area (Å²) in [5, 5.41) is 30.2. The average Bonchev–Trinajstić information content (AvgIpc) is 3.61. The van der Waals surface area contributed by atoms with Crippen molar-refractivity contribution in [2.24, 2.45) is 4.99 Å². The summed E-state index contributed by atoms with van der Waals surface area (Å²) in [5.41, 5.74) is 4.94. The first-order chi connectivity index (χ1) is 27.3. The molecule has 3 aromatic rings. The van der Waals surface area contributed by atoms with E-state index in [1.54, 1.807) is 42.2 Å². The molecule has 4 heterocycles. The van der Waals surface area contributed by atoms with Gasteiger partial charge in [-0.05, 0) is 70.0 Å². The molecular formula is C40H46ClN9O6S. The number of anilines is 2. The molecule has 0 bridgehead atoms. The van der Waals surface area contributed by atoms with Crippen molar-refractivity contribution in [3.05, 3.63) is 80.2 Å². The quantitative estimate of drug-likeness (QED) is 0.0563. The largest absolute Gasteiger partial charge is 0.378 e. The number of benzene rings is 2. The summed E-state index contributed by atoms with van der Waals surface area (Å²) in [6.07, 6.45) is 1.18. The van der Waals surface area contributed by atoms with Gasteiger partial charge < -0.3 is 25.6 Å². The van der Waals surface area contributed by atoms with Gasteiger partial charge in [-0.2, -0.15) is 0 Å². The molecule has 3 aliphatic rings. The summed E-state index contributed by atoms with van der Waals surface area (Å²) < 4.78 is 5.68. The Morgan fingerprint density at radius 3 is 2.54 bits per heavy atom. The van der Waals surface area contributed by atoms with E-state index in [4.69, 9.17) is 32.1 Å². The number of thiophene rings is 1. The molecule has 1 saturated heterocycles. The Kier molecular flexibility index (Phi) is 13.3. The van der Waals surface area contributed by atoms with E-state index in [-0.39, 0.29) is 80.7 Å². The second kappa shape index (κ2) is 18.3. The lowest BCUT2D eigenvalue weighted by atomic mass is 9.99. The SMILES string of the molecule is CC(=N)N1C(=N)[C@H](CC(=O)NCCOCCNCCCC(=O)Nc2cccc3c2CN(C2CCC(=O)NC2=O)C3=O)N=C(c2ccc(Cl)cc2)c2c1sc(C)c2C. The highest BCUT2D eigenvalue weighted by molar-refractivity contribution is 7.17. The summed E-state index contributed by atoms with van der Waals surface area (Å²) in [6.45, 7) is 7.88. The summed E-state index contributed by atoms with van der Waals surface area (Å²) in [5.74, 6) is -1.39. The Morgan fingerprint density at radius 2 is 1.81 bits per heavy atom. The summed E-state index contributed by atoms with van der Waals surface area (Å²) in [4.78, 5) is 71.9. The molecule has 5 amide bonds. The minimum Gasteiger partial charge on any atom is -0.378 e. The van der Waals surface area contributed by atoms with E-state index in [1.807, 2.05) is 26.0 Å². The van der Waals surface area contributed by atoms with Gasteiger partial charge in [-0.3, -0.25) is 50.0 Å². The summed E-state index contributed by atoms with van der Waals surface area (Å²) in [7, 11) is 0. The maximum absolute atomic E-state index is 13.1. The molecule has 17 heteroatoms. The monoisotopic (exact) mass is 815 g/mol. The zero-order chi connectivity index (χ0) is 40.8. The van der Waals surface area contributed by atoms with Crippen LogP contribution in [0.3, 0.4) is 0 Å². The Balaban J connectivity index is 0.904. The van der Waals surface area contributed by atoms with Gasteiger partial charge in [0.25, 0.3) is 5.91 Å². The second-order valence-corrected chi connectivity index (χ2v) is 15.7. The number of rotatable bonds is 15. The molecule has 0 saturated carbocycles. The first-order valence-corrected chi connectivity index (χ1v) is 20.0. The first kappa shape index (κ1) is 41.3. The molecule has 0 radical (unpaired) electrons. The summed E-state index contributed by atoms with van der Waals surface area (Å²) >= 11 is 7.68. The number of ether oxygens (including phenoxy) is 1. The van der Waals surface area contributed by atoms with Crippen molar-refractivity contribution < 1.29 is 28.7 Å². The molecular weight excluding hydrogens is 770 g/mol. The van der Waals surface area contributed by atoms with Crippen LogP contribution in [0.5, 0.6) is 0 Å². The van der Waals surface area contributed by atoms with Gasteiger partial charge in [0, 0.05) is 70.3 Å². The Labute approximate surface area is 339 Å². The van der Waals surface area contributed by atoms with Crippen LogP contribution < -0.4 is 26.2 Å². The highest BCUT2D eigenvalue weighted by Crippen LogP contribution is 2.40. The van der Waals surface area contributed by atoms with Crippen molar-refractivity contribution in [3.8, 4) is 0 Å². The molecule has 57 heavy (non-hydrogen) atoms. The number of piperidine rings is 1. The van der Waals surface area contributed by atoms with Crippen LogP contribution in [-0.2, 0) is 30.5 Å². The minimum atomic E-state index is -0.824. The van der Waals surface area contributed by atoms with Crippen molar-refractivity contribution in [2.75, 3.05) is 43.1 Å². The zero-order valence-corrected chi connectivity index (χ0v) is 33.6. The van der Waals surface area contributed by atoms with E-state index in [2.05, 4.69) is 21.3 Å². The van der Waals surface area contributed by atoms with Crippen LogP contribution in [0, 0.1) is 24.7 Å². The Morgan fingerprint density at radius 1 is 1.05 bits per heavy atom. The number of amidine groups is 2. The van der Waals surface area contributed by atoms with Crippen LogP contribution in [-0.4, -0.2) is 96.8 Å². The highest BCUT2D eigenvalue weighted by Gasteiger charge is 2.40. The smallest absolute Gasteiger partial charge is 0.255 e. The van der Waals surface area contributed by atoms with Crippen molar-refractivity contribution >= 4 is 80.5 Å². The standard InChI is InChI=1S/C40H46ClN9O6S/c1-22-23(2)57-40-35(22)36(25-9-11-26(41)12-10-25)47-30(37(43)50(40)24(3)42)20-34(53)45-17-19-56-18-16-44-15-5-8-32(51)46-29-7-4-6-27-28(29)21-49(39(27)55)31-13-14-33(52)48-38(31)54/h4,6-7,9-12,30-31,42-44H,5,8,13-21H2,1-3H3,(H,45,53)(H,46,51)(H,48,52,54)/t30-,31?/m0/s1. The third kappa shape index (κ3) is 9.47. The number of halogens is 1. The number of carbonyl (C=O) groups is 5. The number of aryl methyl sites for hydroxylation is 1.